The Bertz CT molecular complexity index is 448. The summed E-state index contributed by atoms with van der Waals surface area (Å²) in [7, 11) is 0. The van der Waals surface area contributed by atoms with Crippen molar-refractivity contribution in [3.63, 3.8) is 0 Å². The number of benzene rings is 1. The molecule has 0 spiro atoms. The van der Waals surface area contributed by atoms with Gasteiger partial charge in [-0.05, 0) is 31.7 Å². The zero-order valence-electron chi connectivity index (χ0n) is 10.9. The second kappa shape index (κ2) is 5.94. The second-order valence-electron chi connectivity index (χ2n) is 5.22. The van der Waals surface area contributed by atoms with Crippen molar-refractivity contribution in [1.29, 1.82) is 0 Å². The Kier molecular flexibility index (Phi) is 4.29. The van der Waals surface area contributed by atoms with E-state index < -0.39 is 0 Å². The molecular weight excluding hydrogens is 224 g/mol. The van der Waals surface area contributed by atoms with E-state index in [-0.39, 0.29) is 17.5 Å². The Balaban J connectivity index is 1.90. The lowest BCUT2D eigenvalue weighted by Crippen LogP contribution is -2.27. The highest BCUT2D eigenvalue weighted by Gasteiger charge is 2.27. The van der Waals surface area contributed by atoms with E-state index in [1.165, 1.54) is 11.1 Å². The van der Waals surface area contributed by atoms with Crippen LogP contribution in [0.4, 0.5) is 0 Å². The van der Waals surface area contributed by atoms with Gasteiger partial charge in [0.25, 0.3) is 0 Å². The van der Waals surface area contributed by atoms with Crippen molar-refractivity contribution in [3.8, 4) is 0 Å². The van der Waals surface area contributed by atoms with Crippen LogP contribution >= 0.6 is 0 Å². The molecule has 0 saturated heterocycles. The molecule has 1 atom stereocenters. The van der Waals surface area contributed by atoms with Crippen LogP contribution in [-0.2, 0) is 16.0 Å². The van der Waals surface area contributed by atoms with E-state index in [4.69, 9.17) is 0 Å². The minimum Gasteiger partial charge on any atom is -0.299 e. The van der Waals surface area contributed by atoms with Crippen molar-refractivity contribution in [2.24, 2.45) is 5.92 Å². The average Bonchev–Trinajstić information content (AvgIpc) is 2.37. The van der Waals surface area contributed by atoms with Crippen LogP contribution in [0, 0.1) is 12.8 Å². The van der Waals surface area contributed by atoms with Gasteiger partial charge in [-0.3, -0.25) is 9.59 Å². The fourth-order valence-corrected chi connectivity index (χ4v) is 2.63. The molecule has 1 aliphatic carbocycles. The van der Waals surface area contributed by atoms with Crippen LogP contribution in [0.3, 0.4) is 0 Å². The predicted octanol–water partition coefficient (Wildman–Crippen LogP) is 3.26. The molecule has 2 heteroatoms. The number of carbonyl (C=O) groups is 2. The first-order valence-corrected chi connectivity index (χ1v) is 6.78. The summed E-state index contributed by atoms with van der Waals surface area (Å²) in [6, 6.07) is 8.22. The zero-order valence-corrected chi connectivity index (χ0v) is 10.9. The molecule has 0 bridgehead atoms. The molecule has 1 aromatic rings. The van der Waals surface area contributed by atoms with Crippen molar-refractivity contribution in [2.75, 3.05) is 0 Å². The number of ketones is 2. The fourth-order valence-electron chi connectivity index (χ4n) is 2.63. The van der Waals surface area contributed by atoms with Crippen LogP contribution in [-0.4, -0.2) is 11.6 Å². The van der Waals surface area contributed by atoms with Gasteiger partial charge in [-0.25, -0.2) is 0 Å². The third kappa shape index (κ3) is 3.28. The molecule has 1 unspecified atom stereocenters. The van der Waals surface area contributed by atoms with Crippen molar-refractivity contribution in [2.45, 2.75) is 45.4 Å². The van der Waals surface area contributed by atoms with Crippen LogP contribution < -0.4 is 0 Å². The van der Waals surface area contributed by atoms with Gasteiger partial charge in [0.15, 0.2) is 0 Å². The van der Waals surface area contributed by atoms with Crippen LogP contribution in [0.15, 0.2) is 24.3 Å². The zero-order chi connectivity index (χ0) is 13.0. The molecule has 1 aliphatic rings. The molecule has 0 amide bonds. The minimum atomic E-state index is -0.302. The number of Topliss-reactive ketones (excluding diaryl/α,β-unsaturated/α-hetero) is 2. The highest BCUT2D eigenvalue weighted by molar-refractivity contribution is 6.02. The van der Waals surface area contributed by atoms with Crippen molar-refractivity contribution >= 4 is 11.6 Å². The van der Waals surface area contributed by atoms with Gasteiger partial charge in [0.2, 0.25) is 0 Å². The van der Waals surface area contributed by atoms with E-state index in [0.29, 0.717) is 12.8 Å². The van der Waals surface area contributed by atoms with E-state index in [1.54, 1.807) is 0 Å². The molecule has 0 heterocycles. The Hall–Kier alpha value is -1.44. The van der Waals surface area contributed by atoms with Gasteiger partial charge >= 0.3 is 0 Å². The van der Waals surface area contributed by atoms with E-state index >= 15 is 0 Å². The fraction of sp³-hybridized carbons (Fsp3) is 0.500. The van der Waals surface area contributed by atoms with Crippen molar-refractivity contribution in [1.82, 2.24) is 0 Å². The molecule has 0 N–H and O–H groups in total. The first-order chi connectivity index (χ1) is 8.66. The van der Waals surface area contributed by atoms with Gasteiger partial charge in [-0.15, -0.1) is 0 Å². The summed E-state index contributed by atoms with van der Waals surface area (Å²) in [6.07, 6.45) is 4.60. The van der Waals surface area contributed by atoms with Gasteiger partial charge in [0.1, 0.15) is 11.6 Å². The maximum absolute atomic E-state index is 12.0. The molecule has 2 nitrogen and oxygen atoms in total. The molecule has 96 valence electrons. The Labute approximate surface area is 108 Å². The van der Waals surface area contributed by atoms with Crippen LogP contribution in [0.1, 0.15) is 43.2 Å². The lowest BCUT2D eigenvalue weighted by Gasteiger charge is -2.19. The maximum atomic E-state index is 12.0. The number of carbonyl (C=O) groups excluding carboxylic acids is 2. The Morgan fingerprint density at radius 3 is 2.89 bits per heavy atom. The van der Waals surface area contributed by atoms with Crippen molar-refractivity contribution in [3.05, 3.63) is 35.4 Å². The average molecular weight is 244 g/mol. The molecule has 1 fully saturated rings. The number of hydrogen-bond donors (Lipinski definition) is 0. The summed E-state index contributed by atoms with van der Waals surface area (Å²) in [5, 5.41) is 0. The van der Waals surface area contributed by atoms with E-state index in [9.17, 15) is 9.59 Å². The highest BCUT2D eigenvalue weighted by atomic mass is 16.1. The summed E-state index contributed by atoms with van der Waals surface area (Å²) in [6.45, 7) is 2.05. The summed E-state index contributed by atoms with van der Waals surface area (Å²) in [5.41, 5.74) is 2.40. The number of aryl methyl sites for hydroxylation is 2. The van der Waals surface area contributed by atoms with Gasteiger partial charge in [0, 0.05) is 12.8 Å². The third-order valence-electron chi connectivity index (χ3n) is 3.69. The van der Waals surface area contributed by atoms with Gasteiger partial charge < -0.3 is 0 Å². The lowest BCUT2D eigenvalue weighted by atomic mass is 9.83. The van der Waals surface area contributed by atoms with Crippen LogP contribution in [0.25, 0.3) is 0 Å². The third-order valence-corrected chi connectivity index (χ3v) is 3.69. The molecule has 18 heavy (non-hydrogen) atoms. The Morgan fingerprint density at radius 1 is 1.33 bits per heavy atom. The SMILES string of the molecule is Cc1cccc(CCC(=O)C2CCCCC2=O)c1. The van der Waals surface area contributed by atoms with Gasteiger partial charge in [0.05, 0.1) is 5.92 Å². The maximum Gasteiger partial charge on any atom is 0.143 e. The molecule has 2 rings (SSSR count). The monoisotopic (exact) mass is 244 g/mol. The summed E-state index contributed by atoms with van der Waals surface area (Å²) in [4.78, 5) is 23.7. The Morgan fingerprint density at radius 2 is 2.17 bits per heavy atom. The topological polar surface area (TPSA) is 34.1 Å². The standard InChI is InChI=1S/C16H20O2/c1-12-5-4-6-13(11-12)9-10-16(18)14-7-2-3-8-15(14)17/h4-6,11,14H,2-3,7-10H2,1H3. The molecule has 0 aromatic heterocycles. The molecular formula is C16H20O2. The van der Waals surface area contributed by atoms with E-state index in [2.05, 4.69) is 19.1 Å². The molecule has 0 aliphatic heterocycles. The van der Waals surface area contributed by atoms with E-state index in [0.717, 1.165) is 25.7 Å². The summed E-state index contributed by atoms with van der Waals surface area (Å²) in [5.74, 6) is 0.000238. The van der Waals surface area contributed by atoms with Crippen LogP contribution in [0.5, 0.6) is 0 Å². The quantitative estimate of drug-likeness (QED) is 0.762. The molecule has 1 aromatic carbocycles. The minimum absolute atomic E-state index is 0.140. The second-order valence-corrected chi connectivity index (χ2v) is 5.22. The first-order valence-electron chi connectivity index (χ1n) is 6.78. The van der Waals surface area contributed by atoms with Crippen LogP contribution in [0.2, 0.25) is 0 Å². The normalized spacial score (nSPS) is 19.8. The smallest absolute Gasteiger partial charge is 0.143 e. The molecule has 0 radical (unpaired) electrons. The lowest BCUT2D eigenvalue weighted by molar-refractivity contribution is -0.134. The van der Waals surface area contributed by atoms with Gasteiger partial charge in [-0.2, -0.15) is 0 Å². The summed E-state index contributed by atoms with van der Waals surface area (Å²) >= 11 is 0. The molecule has 1 saturated carbocycles. The van der Waals surface area contributed by atoms with Crippen molar-refractivity contribution < 1.29 is 9.59 Å². The summed E-state index contributed by atoms with van der Waals surface area (Å²) < 4.78 is 0. The largest absolute Gasteiger partial charge is 0.299 e. The predicted molar refractivity (Wildman–Crippen MR) is 71.5 cm³/mol. The first kappa shape index (κ1) is 13.0. The highest BCUT2D eigenvalue weighted by Crippen LogP contribution is 2.23. The number of rotatable bonds is 4. The van der Waals surface area contributed by atoms with E-state index in [1.807, 2.05) is 12.1 Å². The van der Waals surface area contributed by atoms with Gasteiger partial charge in [-0.1, -0.05) is 36.2 Å². The number of hydrogen-bond acceptors (Lipinski definition) is 2.